The van der Waals surface area contributed by atoms with Gasteiger partial charge in [-0.15, -0.1) is 0 Å². The van der Waals surface area contributed by atoms with Crippen molar-refractivity contribution < 1.29 is 4.79 Å². The summed E-state index contributed by atoms with van der Waals surface area (Å²) in [5, 5.41) is 3.42. The predicted molar refractivity (Wildman–Crippen MR) is 46.8 cm³/mol. The van der Waals surface area contributed by atoms with E-state index in [2.05, 4.69) is 5.32 Å². The summed E-state index contributed by atoms with van der Waals surface area (Å²) in [7, 11) is 0. The summed E-state index contributed by atoms with van der Waals surface area (Å²) in [5.41, 5.74) is 0.430. The fourth-order valence-corrected chi connectivity index (χ4v) is 2.44. The summed E-state index contributed by atoms with van der Waals surface area (Å²) in [6, 6.07) is 0. The Labute approximate surface area is 73.1 Å². The summed E-state index contributed by atoms with van der Waals surface area (Å²) in [6.45, 7) is 4.20. The fourth-order valence-electron chi connectivity index (χ4n) is 2.44. The molecular weight excluding hydrogens is 152 g/mol. The zero-order valence-electron chi connectivity index (χ0n) is 7.38. The number of hydrogen-bond acceptors (Lipinski definition) is 2. The Kier molecular flexibility index (Phi) is 2.05. The molecule has 12 heavy (non-hydrogen) atoms. The molecule has 0 aromatic rings. The molecule has 1 N–H and O–H groups in total. The van der Waals surface area contributed by atoms with Gasteiger partial charge in [0.05, 0.1) is 0 Å². The van der Waals surface area contributed by atoms with Crippen molar-refractivity contribution in [3.8, 4) is 0 Å². The topological polar surface area (TPSA) is 32.3 Å². The van der Waals surface area contributed by atoms with Crippen LogP contribution in [0.2, 0.25) is 0 Å². The maximum Gasteiger partial charge on any atom is 0.209 e. The molecule has 0 aromatic heterocycles. The Morgan fingerprint density at radius 3 is 2.92 bits per heavy atom. The molecule has 0 saturated carbocycles. The van der Waals surface area contributed by atoms with Gasteiger partial charge in [-0.3, -0.25) is 4.79 Å². The molecule has 3 heteroatoms. The van der Waals surface area contributed by atoms with E-state index in [0.717, 1.165) is 32.6 Å². The quantitative estimate of drug-likeness (QED) is 0.568. The second-order valence-electron chi connectivity index (χ2n) is 4.11. The Bertz CT molecular complexity index is 175. The number of carbonyl (C=O) groups is 1. The highest BCUT2D eigenvalue weighted by Gasteiger charge is 2.38. The van der Waals surface area contributed by atoms with Crippen molar-refractivity contribution in [2.24, 2.45) is 5.41 Å². The zero-order valence-corrected chi connectivity index (χ0v) is 7.38. The summed E-state index contributed by atoms with van der Waals surface area (Å²) in [6.07, 6.45) is 4.75. The van der Waals surface area contributed by atoms with Crippen LogP contribution in [0.5, 0.6) is 0 Å². The first-order valence-electron chi connectivity index (χ1n) is 4.75. The molecule has 0 radical (unpaired) electrons. The van der Waals surface area contributed by atoms with Gasteiger partial charge >= 0.3 is 0 Å². The number of piperidine rings is 1. The van der Waals surface area contributed by atoms with Gasteiger partial charge in [-0.2, -0.15) is 0 Å². The van der Waals surface area contributed by atoms with Gasteiger partial charge in [-0.1, -0.05) is 0 Å². The Morgan fingerprint density at radius 1 is 1.42 bits per heavy atom. The Morgan fingerprint density at radius 2 is 2.33 bits per heavy atom. The molecule has 2 fully saturated rings. The second-order valence-corrected chi connectivity index (χ2v) is 4.11. The van der Waals surface area contributed by atoms with Crippen LogP contribution in [-0.2, 0) is 4.79 Å². The van der Waals surface area contributed by atoms with E-state index < -0.39 is 0 Å². The molecule has 0 bridgehead atoms. The SMILES string of the molecule is O=CN1CCC2(CCCNC2)C1. The third kappa shape index (κ3) is 1.33. The van der Waals surface area contributed by atoms with Crippen molar-refractivity contribution >= 4 is 6.41 Å². The lowest BCUT2D eigenvalue weighted by Gasteiger charge is -2.33. The van der Waals surface area contributed by atoms with Crippen LogP contribution in [0.25, 0.3) is 0 Å². The van der Waals surface area contributed by atoms with E-state index in [1.165, 1.54) is 19.3 Å². The Balaban J connectivity index is 1.98. The molecule has 1 atom stereocenters. The number of nitrogens with zero attached hydrogens (tertiary/aromatic N) is 1. The summed E-state index contributed by atoms with van der Waals surface area (Å²) in [4.78, 5) is 12.4. The molecule has 2 heterocycles. The third-order valence-electron chi connectivity index (χ3n) is 3.18. The largest absolute Gasteiger partial charge is 0.345 e. The lowest BCUT2D eigenvalue weighted by molar-refractivity contribution is -0.117. The smallest absolute Gasteiger partial charge is 0.209 e. The van der Waals surface area contributed by atoms with Crippen LogP contribution in [0.1, 0.15) is 19.3 Å². The second kappa shape index (κ2) is 3.05. The highest BCUT2D eigenvalue weighted by Crippen LogP contribution is 2.35. The van der Waals surface area contributed by atoms with Gasteiger partial charge in [0, 0.05) is 25.0 Å². The van der Waals surface area contributed by atoms with Crippen molar-refractivity contribution in [3.63, 3.8) is 0 Å². The van der Waals surface area contributed by atoms with Gasteiger partial charge in [0.2, 0.25) is 6.41 Å². The van der Waals surface area contributed by atoms with E-state index in [0.29, 0.717) is 5.41 Å². The van der Waals surface area contributed by atoms with Crippen LogP contribution in [0.15, 0.2) is 0 Å². The van der Waals surface area contributed by atoms with Crippen LogP contribution < -0.4 is 5.32 Å². The van der Waals surface area contributed by atoms with E-state index in [9.17, 15) is 4.79 Å². The minimum atomic E-state index is 0.430. The summed E-state index contributed by atoms with van der Waals surface area (Å²) in [5.74, 6) is 0. The monoisotopic (exact) mass is 168 g/mol. The molecule has 2 saturated heterocycles. The standard InChI is InChI=1S/C9H16N2O/c12-8-11-5-3-9(7-11)2-1-4-10-6-9/h8,10H,1-7H2. The maximum absolute atomic E-state index is 10.5. The molecule has 2 aliphatic heterocycles. The van der Waals surface area contributed by atoms with Gasteiger partial charge in [0.15, 0.2) is 0 Å². The molecule has 2 rings (SSSR count). The lowest BCUT2D eigenvalue weighted by Crippen LogP contribution is -2.41. The van der Waals surface area contributed by atoms with Crippen LogP contribution >= 0.6 is 0 Å². The maximum atomic E-state index is 10.5. The molecule has 0 aromatic carbocycles. The van der Waals surface area contributed by atoms with Crippen molar-refractivity contribution in [2.45, 2.75) is 19.3 Å². The van der Waals surface area contributed by atoms with Crippen molar-refractivity contribution in [3.05, 3.63) is 0 Å². The van der Waals surface area contributed by atoms with Crippen molar-refractivity contribution in [1.29, 1.82) is 0 Å². The molecule has 1 spiro atoms. The minimum absolute atomic E-state index is 0.430. The molecule has 68 valence electrons. The zero-order chi connectivity index (χ0) is 8.44. The highest BCUT2D eigenvalue weighted by molar-refractivity contribution is 5.47. The van der Waals surface area contributed by atoms with E-state index >= 15 is 0 Å². The number of carbonyl (C=O) groups excluding carboxylic acids is 1. The van der Waals surface area contributed by atoms with E-state index in [1.807, 2.05) is 4.90 Å². The van der Waals surface area contributed by atoms with E-state index in [4.69, 9.17) is 0 Å². The van der Waals surface area contributed by atoms with Crippen LogP contribution in [0, 0.1) is 5.41 Å². The first kappa shape index (κ1) is 8.05. The molecule has 3 nitrogen and oxygen atoms in total. The Hall–Kier alpha value is -0.570. The first-order chi connectivity index (χ1) is 5.85. The fraction of sp³-hybridized carbons (Fsp3) is 0.889. The first-order valence-corrected chi connectivity index (χ1v) is 4.75. The van der Waals surface area contributed by atoms with E-state index in [1.54, 1.807) is 0 Å². The molecular formula is C9H16N2O. The summed E-state index contributed by atoms with van der Waals surface area (Å²) >= 11 is 0. The average Bonchev–Trinajstić information content (AvgIpc) is 2.50. The molecule has 1 unspecified atom stereocenters. The molecule has 2 aliphatic rings. The van der Waals surface area contributed by atoms with E-state index in [-0.39, 0.29) is 0 Å². The van der Waals surface area contributed by atoms with Gasteiger partial charge in [-0.25, -0.2) is 0 Å². The number of amides is 1. The predicted octanol–water partition coefficient (Wildman–Crippen LogP) is 0.218. The van der Waals surface area contributed by atoms with Crippen LogP contribution in [0.3, 0.4) is 0 Å². The number of likely N-dealkylation sites (tertiary alicyclic amines) is 1. The van der Waals surface area contributed by atoms with Gasteiger partial charge < -0.3 is 10.2 Å². The molecule has 1 amide bonds. The normalized spacial score (nSPS) is 35.8. The highest BCUT2D eigenvalue weighted by atomic mass is 16.1. The molecule has 0 aliphatic carbocycles. The third-order valence-corrected chi connectivity index (χ3v) is 3.18. The number of nitrogens with one attached hydrogen (secondary N) is 1. The summed E-state index contributed by atoms with van der Waals surface area (Å²) < 4.78 is 0. The van der Waals surface area contributed by atoms with Crippen molar-refractivity contribution in [1.82, 2.24) is 10.2 Å². The van der Waals surface area contributed by atoms with Gasteiger partial charge in [-0.05, 0) is 25.8 Å². The van der Waals surface area contributed by atoms with Crippen LogP contribution in [0.4, 0.5) is 0 Å². The minimum Gasteiger partial charge on any atom is -0.345 e. The van der Waals surface area contributed by atoms with Gasteiger partial charge in [0.1, 0.15) is 0 Å². The lowest BCUT2D eigenvalue weighted by atomic mass is 9.80. The average molecular weight is 168 g/mol. The number of hydrogen-bond donors (Lipinski definition) is 1. The number of rotatable bonds is 1. The van der Waals surface area contributed by atoms with Gasteiger partial charge in [0.25, 0.3) is 0 Å². The van der Waals surface area contributed by atoms with Crippen LogP contribution in [-0.4, -0.2) is 37.5 Å². The van der Waals surface area contributed by atoms with Crippen molar-refractivity contribution in [2.75, 3.05) is 26.2 Å².